The second-order valence-corrected chi connectivity index (χ2v) is 9.81. The lowest BCUT2D eigenvalue weighted by Gasteiger charge is -2.30. The van der Waals surface area contributed by atoms with Gasteiger partial charge in [0.25, 0.3) is 5.56 Å². The lowest BCUT2D eigenvalue weighted by atomic mass is 9.83. The Balaban J connectivity index is 1.66. The quantitative estimate of drug-likeness (QED) is 0.576. The second kappa shape index (κ2) is 11.0. The highest BCUT2D eigenvalue weighted by Crippen LogP contribution is 2.34. The minimum absolute atomic E-state index is 0.0214. The van der Waals surface area contributed by atoms with E-state index < -0.39 is 28.2 Å². The summed E-state index contributed by atoms with van der Waals surface area (Å²) in [6.45, 7) is -3.10. The third kappa shape index (κ3) is 7.39. The van der Waals surface area contributed by atoms with Crippen LogP contribution in [0.3, 0.4) is 0 Å². The van der Waals surface area contributed by atoms with Gasteiger partial charge in [0.2, 0.25) is 10.0 Å². The van der Waals surface area contributed by atoms with Crippen molar-refractivity contribution in [2.75, 3.05) is 19.4 Å². The molecule has 10 heteroatoms. The van der Waals surface area contributed by atoms with Crippen molar-refractivity contribution in [1.29, 1.82) is 0 Å². The zero-order chi connectivity index (χ0) is 23.1. The van der Waals surface area contributed by atoms with Crippen molar-refractivity contribution in [3.63, 3.8) is 0 Å². The van der Waals surface area contributed by atoms with E-state index >= 15 is 0 Å². The molecule has 0 aliphatic heterocycles. The van der Waals surface area contributed by atoms with E-state index in [4.69, 9.17) is 4.74 Å². The fourth-order valence-corrected chi connectivity index (χ4v) is 4.46. The Kier molecular flexibility index (Phi) is 8.38. The molecule has 1 aromatic carbocycles. The van der Waals surface area contributed by atoms with E-state index in [1.54, 1.807) is 0 Å². The molecular formula is C22H28F2N2O5S. The molecule has 7 nitrogen and oxygen atoms in total. The van der Waals surface area contributed by atoms with E-state index in [-0.39, 0.29) is 25.0 Å². The maximum atomic E-state index is 12.6. The Bertz CT molecular complexity index is 1020. The first-order valence-corrected chi connectivity index (χ1v) is 12.4. The summed E-state index contributed by atoms with van der Waals surface area (Å²) in [5.74, 6) is 0.289. The Labute approximate surface area is 186 Å². The van der Waals surface area contributed by atoms with Gasteiger partial charge in [-0.2, -0.15) is 8.78 Å². The summed E-state index contributed by atoms with van der Waals surface area (Å²) in [7, 11) is -3.52. The van der Waals surface area contributed by atoms with Crippen molar-refractivity contribution in [2.45, 2.75) is 50.4 Å². The lowest BCUT2D eigenvalue weighted by molar-refractivity contribution is -0.0505. The van der Waals surface area contributed by atoms with Crippen LogP contribution < -0.4 is 15.0 Å². The number of hydrogen-bond acceptors (Lipinski definition) is 5. The topological polar surface area (TPSA) is 86.6 Å². The molecule has 0 bridgehead atoms. The van der Waals surface area contributed by atoms with Gasteiger partial charge in [0.05, 0.1) is 25.0 Å². The van der Waals surface area contributed by atoms with E-state index in [1.165, 1.54) is 10.1 Å². The summed E-state index contributed by atoms with van der Waals surface area (Å²) >= 11 is 0. The van der Waals surface area contributed by atoms with Gasteiger partial charge in [-0.3, -0.25) is 4.79 Å². The van der Waals surface area contributed by atoms with Crippen molar-refractivity contribution in [2.24, 2.45) is 0 Å². The van der Waals surface area contributed by atoms with Gasteiger partial charge in [-0.1, -0.05) is 30.3 Å². The highest BCUT2D eigenvalue weighted by atomic mass is 32.2. The summed E-state index contributed by atoms with van der Waals surface area (Å²) in [6.07, 6.45) is 5.77. The van der Waals surface area contributed by atoms with Gasteiger partial charge >= 0.3 is 6.61 Å². The first-order chi connectivity index (χ1) is 15.2. The van der Waals surface area contributed by atoms with Gasteiger partial charge < -0.3 is 14.0 Å². The molecule has 2 aromatic rings. The number of nitrogens with zero attached hydrogens (tertiary/aromatic N) is 1. The van der Waals surface area contributed by atoms with Crippen LogP contribution in [0.5, 0.6) is 5.75 Å². The van der Waals surface area contributed by atoms with E-state index in [0.717, 1.165) is 50.3 Å². The zero-order valence-corrected chi connectivity index (χ0v) is 18.6. The third-order valence-electron chi connectivity index (χ3n) is 5.58. The van der Waals surface area contributed by atoms with Crippen LogP contribution in [-0.2, 0) is 14.8 Å². The number of nitrogens with one attached hydrogen (secondary N) is 1. The average Bonchev–Trinajstić information content (AvgIpc) is 2.75. The van der Waals surface area contributed by atoms with Crippen molar-refractivity contribution < 1.29 is 26.7 Å². The number of benzene rings is 1. The third-order valence-corrected chi connectivity index (χ3v) is 6.27. The van der Waals surface area contributed by atoms with Crippen LogP contribution in [0.25, 0.3) is 0 Å². The highest BCUT2D eigenvalue weighted by molar-refractivity contribution is 7.88. The summed E-state index contributed by atoms with van der Waals surface area (Å²) in [6, 6.07) is 11.8. The molecule has 0 saturated heterocycles. The smallest absolute Gasteiger partial charge is 0.387 e. The van der Waals surface area contributed by atoms with Crippen LogP contribution in [0.15, 0.2) is 53.5 Å². The van der Waals surface area contributed by atoms with Crippen LogP contribution in [0.1, 0.15) is 43.2 Å². The first-order valence-electron chi connectivity index (χ1n) is 10.5. The molecule has 1 heterocycles. The van der Waals surface area contributed by atoms with Crippen LogP contribution >= 0.6 is 0 Å². The first kappa shape index (κ1) is 24.3. The molecule has 1 atom stereocenters. The normalized spacial score (nSPS) is 20.2. The second-order valence-electron chi connectivity index (χ2n) is 7.98. The molecule has 1 saturated carbocycles. The van der Waals surface area contributed by atoms with E-state index in [1.807, 2.05) is 18.2 Å². The van der Waals surface area contributed by atoms with Gasteiger partial charge in [0.15, 0.2) is 0 Å². The summed E-state index contributed by atoms with van der Waals surface area (Å²) in [4.78, 5) is 12.4. The zero-order valence-electron chi connectivity index (χ0n) is 17.8. The van der Waals surface area contributed by atoms with E-state index in [0.29, 0.717) is 5.92 Å². The fourth-order valence-electron chi connectivity index (χ4n) is 3.96. The van der Waals surface area contributed by atoms with E-state index in [9.17, 15) is 22.0 Å². The average molecular weight is 471 g/mol. The maximum absolute atomic E-state index is 12.6. The van der Waals surface area contributed by atoms with Gasteiger partial charge in [-0.25, -0.2) is 13.1 Å². The molecule has 1 aliphatic rings. The monoisotopic (exact) mass is 470 g/mol. The van der Waals surface area contributed by atoms with Gasteiger partial charge in [-0.05, 0) is 43.2 Å². The van der Waals surface area contributed by atoms with Crippen molar-refractivity contribution in [1.82, 2.24) is 9.29 Å². The standard InChI is InChI=1S/C22H28F2N2O5S/c1-32(28,29)25-13-18(26-14-20(31-22(23)24)11-12-21(26)27)15-30-19-9-7-17(8-10-19)16-5-3-2-4-6-16/h2-6,11-12,14,17-19,22,25H,7-10,13,15H2,1H3. The van der Waals surface area contributed by atoms with Crippen LogP contribution in [0, 0.1) is 0 Å². The minimum Gasteiger partial charge on any atom is -0.433 e. The number of halogens is 2. The molecule has 1 fully saturated rings. The Morgan fingerprint density at radius 2 is 1.78 bits per heavy atom. The number of rotatable bonds is 10. The maximum Gasteiger partial charge on any atom is 0.387 e. The largest absolute Gasteiger partial charge is 0.433 e. The number of aromatic nitrogens is 1. The molecule has 1 unspecified atom stereocenters. The fraction of sp³-hybridized carbons (Fsp3) is 0.500. The molecule has 32 heavy (non-hydrogen) atoms. The summed E-state index contributed by atoms with van der Waals surface area (Å²) in [5, 5.41) is 0. The summed E-state index contributed by atoms with van der Waals surface area (Å²) in [5.41, 5.74) is 0.840. The molecule has 176 valence electrons. The molecule has 0 spiro atoms. The molecule has 3 rings (SSSR count). The number of sulfonamides is 1. The van der Waals surface area contributed by atoms with Crippen molar-refractivity contribution in [3.05, 3.63) is 64.6 Å². The number of ether oxygens (including phenoxy) is 2. The molecule has 1 aromatic heterocycles. The molecule has 0 radical (unpaired) electrons. The molecule has 1 N–H and O–H groups in total. The number of pyridine rings is 1. The Morgan fingerprint density at radius 3 is 2.41 bits per heavy atom. The van der Waals surface area contributed by atoms with Crippen LogP contribution in [0.4, 0.5) is 8.78 Å². The highest BCUT2D eigenvalue weighted by Gasteiger charge is 2.25. The predicted octanol–water partition coefficient (Wildman–Crippen LogP) is 3.28. The van der Waals surface area contributed by atoms with Crippen LogP contribution in [0.2, 0.25) is 0 Å². The van der Waals surface area contributed by atoms with E-state index in [2.05, 4.69) is 21.6 Å². The van der Waals surface area contributed by atoms with Crippen molar-refractivity contribution in [3.8, 4) is 5.75 Å². The van der Waals surface area contributed by atoms with Crippen molar-refractivity contribution >= 4 is 10.0 Å². The predicted molar refractivity (Wildman–Crippen MR) is 117 cm³/mol. The number of hydrogen-bond donors (Lipinski definition) is 1. The Hall–Kier alpha value is -2.30. The molecule has 1 aliphatic carbocycles. The van der Waals surface area contributed by atoms with Gasteiger partial charge in [0, 0.05) is 18.8 Å². The number of alkyl halides is 2. The minimum atomic E-state index is -3.52. The molecular weight excluding hydrogens is 442 g/mol. The Morgan fingerprint density at radius 1 is 1.09 bits per heavy atom. The lowest BCUT2D eigenvalue weighted by Crippen LogP contribution is -2.37. The SMILES string of the molecule is CS(=O)(=O)NCC(COC1CCC(c2ccccc2)CC1)n1cc(OC(F)F)ccc1=O. The summed E-state index contributed by atoms with van der Waals surface area (Å²) < 4.78 is 62.3. The van der Waals surface area contributed by atoms with Gasteiger partial charge in [0.1, 0.15) is 5.75 Å². The molecule has 0 amide bonds. The van der Waals surface area contributed by atoms with Crippen LogP contribution in [-0.4, -0.2) is 45.1 Å². The van der Waals surface area contributed by atoms with Gasteiger partial charge in [-0.15, -0.1) is 0 Å².